The summed E-state index contributed by atoms with van der Waals surface area (Å²) >= 11 is 13.6. The number of aryl methyl sites for hydroxylation is 2. The fourth-order valence-electron chi connectivity index (χ4n) is 3.25. The first-order valence-electron chi connectivity index (χ1n) is 9.64. The van der Waals surface area contributed by atoms with Gasteiger partial charge in [0.2, 0.25) is 0 Å². The lowest BCUT2D eigenvalue weighted by atomic mass is 10.1. The molecule has 4 aromatic rings. The van der Waals surface area contributed by atoms with Gasteiger partial charge in [0.15, 0.2) is 11.7 Å². The summed E-state index contributed by atoms with van der Waals surface area (Å²) in [5, 5.41) is 5.72. The monoisotopic (exact) mass is 474 g/mol. The zero-order valence-corrected chi connectivity index (χ0v) is 19.3. The second kappa shape index (κ2) is 9.26. The van der Waals surface area contributed by atoms with Gasteiger partial charge < -0.3 is 4.74 Å². The number of carbonyl (C=O) groups excluding carboxylic acids is 1. The van der Waals surface area contributed by atoms with Crippen LogP contribution in [0.2, 0.25) is 10.0 Å². The van der Waals surface area contributed by atoms with Crippen LogP contribution in [0.1, 0.15) is 11.1 Å². The number of rotatable bonds is 7. The Kier molecular flexibility index (Phi) is 6.46. The zero-order valence-electron chi connectivity index (χ0n) is 17.0. The van der Waals surface area contributed by atoms with Crippen LogP contribution in [0, 0.1) is 13.8 Å². The number of anilines is 1. The highest BCUT2D eigenvalue weighted by atomic mass is 35.5. The Hall–Kier alpha value is -2.61. The van der Waals surface area contributed by atoms with Crippen molar-refractivity contribution in [3.05, 3.63) is 70.0 Å². The minimum absolute atomic E-state index is 0.172. The van der Waals surface area contributed by atoms with Crippen molar-refractivity contribution in [3.63, 3.8) is 0 Å². The lowest BCUT2D eigenvalue weighted by Gasteiger charge is -2.20. The summed E-state index contributed by atoms with van der Waals surface area (Å²) in [7, 11) is 0. The molecule has 9 heteroatoms. The molecule has 2 heterocycles. The molecule has 0 atom stereocenters. The molecule has 31 heavy (non-hydrogen) atoms. The molecule has 0 bridgehead atoms. The smallest absolute Gasteiger partial charge is 0.266 e. The third-order valence-electron chi connectivity index (χ3n) is 4.71. The van der Waals surface area contributed by atoms with Crippen molar-refractivity contribution in [2.45, 2.75) is 20.4 Å². The number of fused-ring (bicyclic) bond motifs is 1. The normalized spacial score (nSPS) is 11.1. The number of hydrogen-bond acceptors (Lipinski definition) is 5. The van der Waals surface area contributed by atoms with E-state index in [1.54, 1.807) is 34.0 Å². The van der Waals surface area contributed by atoms with E-state index in [0.29, 0.717) is 34.0 Å². The highest BCUT2D eigenvalue weighted by molar-refractivity contribution is 7.22. The minimum Gasteiger partial charge on any atom is -0.482 e. The van der Waals surface area contributed by atoms with Crippen LogP contribution in [0.25, 0.3) is 10.2 Å². The van der Waals surface area contributed by atoms with E-state index in [4.69, 9.17) is 32.9 Å². The maximum absolute atomic E-state index is 13.2. The molecule has 0 saturated heterocycles. The summed E-state index contributed by atoms with van der Waals surface area (Å²) in [5.74, 6) is 0.189. The highest BCUT2D eigenvalue weighted by Crippen LogP contribution is 2.32. The Morgan fingerprint density at radius 3 is 2.81 bits per heavy atom. The van der Waals surface area contributed by atoms with Gasteiger partial charge in [0.25, 0.3) is 5.91 Å². The minimum atomic E-state index is -0.216. The van der Waals surface area contributed by atoms with Crippen molar-refractivity contribution >= 4 is 55.8 Å². The number of amides is 1. The quantitative estimate of drug-likeness (QED) is 0.353. The van der Waals surface area contributed by atoms with Crippen LogP contribution in [0.4, 0.5) is 5.13 Å². The molecule has 0 aliphatic carbocycles. The van der Waals surface area contributed by atoms with Crippen molar-refractivity contribution in [1.82, 2.24) is 14.8 Å². The van der Waals surface area contributed by atoms with Gasteiger partial charge in [-0.2, -0.15) is 5.10 Å². The van der Waals surface area contributed by atoms with Crippen LogP contribution < -0.4 is 9.64 Å². The summed E-state index contributed by atoms with van der Waals surface area (Å²) in [6.07, 6.45) is 3.57. The molecule has 2 aromatic carbocycles. The molecule has 0 saturated carbocycles. The van der Waals surface area contributed by atoms with Gasteiger partial charge in [-0.15, -0.1) is 0 Å². The second-order valence-electron chi connectivity index (χ2n) is 7.10. The van der Waals surface area contributed by atoms with Gasteiger partial charge in [-0.1, -0.05) is 40.6 Å². The largest absolute Gasteiger partial charge is 0.482 e. The van der Waals surface area contributed by atoms with Gasteiger partial charge in [0, 0.05) is 24.0 Å². The Balaban J connectivity index is 1.58. The molecule has 160 valence electrons. The van der Waals surface area contributed by atoms with E-state index in [0.717, 1.165) is 21.3 Å². The van der Waals surface area contributed by atoms with Gasteiger partial charge in [-0.05, 0) is 55.3 Å². The number of halogens is 2. The van der Waals surface area contributed by atoms with E-state index >= 15 is 0 Å². The van der Waals surface area contributed by atoms with Gasteiger partial charge >= 0.3 is 0 Å². The van der Waals surface area contributed by atoms with E-state index in [-0.39, 0.29) is 12.5 Å². The van der Waals surface area contributed by atoms with Gasteiger partial charge in [-0.25, -0.2) is 4.98 Å². The molecular weight excluding hydrogens is 455 g/mol. The molecule has 0 radical (unpaired) electrons. The molecule has 6 nitrogen and oxygen atoms in total. The summed E-state index contributed by atoms with van der Waals surface area (Å²) in [4.78, 5) is 19.5. The number of thiazole rings is 1. The third-order valence-corrected chi connectivity index (χ3v) is 6.26. The van der Waals surface area contributed by atoms with Crippen molar-refractivity contribution in [2.24, 2.45) is 0 Å². The van der Waals surface area contributed by atoms with Gasteiger partial charge in [-0.3, -0.25) is 14.4 Å². The Morgan fingerprint density at radius 2 is 2.06 bits per heavy atom. The lowest BCUT2D eigenvalue weighted by Crippen LogP contribution is -2.37. The van der Waals surface area contributed by atoms with Crippen LogP contribution in [0.15, 0.2) is 48.8 Å². The predicted octanol–water partition coefficient (Wildman–Crippen LogP) is 5.53. The van der Waals surface area contributed by atoms with E-state index in [1.807, 2.05) is 19.2 Å². The van der Waals surface area contributed by atoms with Crippen molar-refractivity contribution in [3.8, 4) is 5.75 Å². The van der Waals surface area contributed by atoms with Crippen LogP contribution in [0.5, 0.6) is 5.75 Å². The van der Waals surface area contributed by atoms with Crippen molar-refractivity contribution in [1.29, 1.82) is 0 Å². The average Bonchev–Trinajstić information content (AvgIpc) is 3.37. The third kappa shape index (κ3) is 5.01. The molecule has 0 fully saturated rings. The van der Waals surface area contributed by atoms with E-state index in [2.05, 4.69) is 24.2 Å². The Bertz CT molecular complexity index is 1220. The summed E-state index contributed by atoms with van der Waals surface area (Å²) in [5.41, 5.74) is 3.15. The molecule has 2 aromatic heterocycles. The first-order chi connectivity index (χ1) is 14.9. The fourth-order valence-corrected chi connectivity index (χ4v) is 4.89. The molecule has 0 aliphatic heterocycles. The van der Waals surface area contributed by atoms with Crippen LogP contribution >= 0.6 is 34.5 Å². The number of nitrogens with zero attached hydrogens (tertiary/aromatic N) is 4. The van der Waals surface area contributed by atoms with Crippen molar-refractivity contribution in [2.75, 3.05) is 18.1 Å². The van der Waals surface area contributed by atoms with Crippen LogP contribution in [-0.4, -0.2) is 33.8 Å². The second-order valence-corrected chi connectivity index (χ2v) is 8.96. The van der Waals surface area contributed by atoms with Gasteiger partial charge in [0.1, 0.15) is 5.75 Å². The molecule has 4 rings (SSSR count). The van der Waals surface area contributed by atoms with E-state index in [9.17, 15) is 4.79 Å². The maximum atomic E-state index is 13.2. The Morgan fingerprint density at radius 1 is 1.23 bits per heavy atom. The average molecular weight is 475 g/mol. The lowest BCUT2D eigenvalue weighted by molar-refractivity contribution is -0.120. The topological polar surface area (TPSA) is 60.2 Å². The molecular formula is C22H20Cl2N4O2S. The first-order valence-corrected chi connectivity index (χ1v) is 11.2. The van der Waals surface area contributed by atoms with Gasteiger partial charge in [0.05, 0.1) is 21.8 Å². The summed E-state index contributed by atoms with van der Waals surface area (Å²) in [6.45, 7) is 4.86. The number of aromatic nitrogens is 3. The number of ether oxygens (including phenoxy) is 1. The number of carbonyl (C=O) groups is 1. The number of benzene rings is 2. The maximum Gasteiger partial charge on any atom is 0.266 e. The summed E-state index contributed by atoms with van der Waals surface area (Å²) in [6, 6.07) is 10.9. The van der Waals surface area contributed by atoms with E-state index < -0.39 is 0 Å². The molecule has 0 spiro atoms. The SMILES string of the molecule is Cc1cc(C)c2nc(N(CCn3cccn3)C(=O)COc3ccc(Cl)cc3Cl)sc2c1. The predicted molar refractivity (Wildman–Crippen MR) is 126 cm³/mol. The van der Waals surface area contributed by atoms with Crippen LogP contribution in [0.3, 0.4) is 0 Å². The highest BCUT2D eigenvalue weighted by Gasteiger charge is 2.21. The summed E-state index contributed by atoms with van der Waals surface area (Å²) < 4.78 is 8.51. The molecule has 0 unspecified atom stereocenters. The molecule has 0 aliphatic rings. The standard InChI is InChI=1S/C22H20Cl2N4O2S/c1-14-10-15(2)21-19(11-14)31-22(26-21)28(9-8-27-7-3-6-25-27)20(29)13-30-18-5-4-16(23)12-17(18)24/h3-7,10-12H,8-9,13H2,1-2H3. The first kappa shape index (κ1) is 21.6. The van der Waals surface area contributed by atoms with E-state index in [1.165, 1.54) is 11.3 Å². The van der Waals surface area contributed by atoms with Crippen LogP contribution in [-0.2, 0) is 11.3 Å². The zero-order chi connectivity index (χ0) is 22.0. The molecule has 0 N–H and O–H groups in total. The number of hydrogen-bond donors (Lipinski definition) is 0. The van der Waals surface area contributed by atoms with Crippen molar-refractivity contribution < 1.29 is 9.53 Å². The molecule has 1 amide bonds. The Labute approximate surface area is 194 Å². The fraction of sp³-hybridized carbons (Fsp3) is 0.227.